The maximum Gasteiger partial charge on any atom is 0.329 e. The first-order valence-electron chi connectivity index (χ1n) is 14.8. The zero-order chi connectivity index (χ0) is 30.2. The molecule has 1 aromatic heterocycles. The number of H-pyrrole nitrogens is 1. The number of nitrogens with zero attached hydrogens (tertiary/aromatic N) is 4. The molecule has 0 spiro atoms. The van der Waals surface area contributed by atoms with Crippen molar-refractivity contribution in [3.63, 3.8) is 0 Å². The molecule has 2 amide bonds. The molecule has 0 radical (unpaired) electrons. The predicted molar refractivity (Wildman–Crippen MR) is 159 cm³/mol. The molecule has 0 fully saturated rings. The van der Waals surface area contributed by atoms with Crippen LogP contribution in [0.5, 0.6) is 0 Å². The van der Waals surface area contributed by atoms with Gasteiger partial charge in [-0.2, -0.15) is 0 Å². The highest BCUT2D eigenvalue weighted by Gasteiger charge is 2.33. The van der Waals surface area contributed by atoms with E-state index in [4.69, 9.17) is 9.47 Å². The smallest absolute Gasteiger partial charge is 0.329 e. The minimum absolute atomic E-state index is 0.238. The molecule has 1 unspecified atom stereocenters. The Balaban J connectivity index is 1.72. The van der Waals surface area contributed by atoms with Gasteiger partial charge in [0, 0.05) is 18.7 Å². The van der Waals surface area contributed by atoms with Crippen molar-refractivity contribution in [2.75, 3.05) is 19.8 Å². The molecule has 226 valence electrons. The van der Waals surface area contributed by atoms with Crippen LogP contribution in [-0.4, -0.2) is 69.3 Å². The monoisotopic (exact) mass is 578 g/mol. The van der Waals surface area contributed by atoms with E-state index < -0.39 is 24.0 Å². The van der Waals surface area contributed by atoms with E-state index in [1.54, 1.807) is 0 Å². The number of hydrogen-bond acceptors (Lipinski definition) is 8. The van der Waals surface area contributed by atoms with E-state index >= 15 is 0 Å². The molecule has 1 heterocycles. The van der Waals surface area contributed by atoms with E-state index in [0.29, 0.717) is 25.2 Å². The Hall–Kier alpha value is -4.28. The van der Waals surface area contributed by atoms with E-state index in [1.165, 1.54) is 4.90 Å². The zero-order valence-electron chi connectivity index (χ0n) is 24.8. The van der Waals surface area contributed by atoms with Gasteiger partial charge in [0.2, 0.25) is 0 Å². The molecule has 0 aliphatic heterocycles. The second-order valence-corrected chi connectivity index (χ2v) is 10.0. The van der Waals surface area contributed by atoms with Gasteiger partial charge in [0.25, 0.3) is 0 Å². The number of ether oxygens (including phenoxy) is 2. The van der Waals surface area contributed by atoms with Crippen molar-refractivity contribution in [2.24, 2.45) is 0 Å². The zero-order valence-corrected chi connectivity index (χ0v) is 24.8. The van der Waals surface area contributed by atoms with Crippen LogP contribution in [0.2, 0.25) is 0 Å². The number of amides is 2. The topological polar surface area (TPSA) is 139 Å². The minimum atomic E-state index is -1.06. The predicted octanol–water partition coefficient (Wildman–Crippen LogP) is 5.29. The molecule has 0 saturated heterocycles. The lowest BCUT2D eigenvalue weighted by Gasteiger charge is -2.30. The molecule has 2 N–H and O–H groups in total. The summed E-state index contributed by atoms with van der Waals surface area (Å²) in [6.45, 7) is 7.07. The van der Waals surface area contributed by atoms with Gasteiger partial charge in [0.05, 0.1) is 19.6 Å². The highest BCUT2D eigenvalue weighted by Crippen LogP contribution is 2.29. The van der Waals surface area contributed by atoms with Crippen LogP contribution >= 0.6 is 0 Å². The number of rotatable bonds is 17. The molecule has 0 aliphatic carbocycles. The summed E-state index contributed by atoms with van der Waals surface area (Å²) in [6.07, 6.45) is 4.42. The summed E-state index contributed by atoms with van der Waals surface area (Å²) in [7, 11) is 0. The van der Waals surface area contributed by atoms with E-state index in [9.17, 15) is 14.4 Å². The Morgan fingerprint density at radius 2 is 1.55 bits per heavy atom. The van der Waals surface area contributed by atoms with Gasteiger partial charge < -0.3 is 19.7 Å². The summed E-state index contributed by atoms with van der Waals surface area (Å²) in [5, 5.41) is 17.1. The van der Waals surface area contributed by atoms with Crippen LogP contribution in [0.25, 0.3) is 22.5 Å². The molecule has 11 heteroatoms. The van der Waals surface area contributed by atoms with E-state index in [0.717, 1.165) is 47.9 Å². The van der Waals surface area contributed by atoms with Crippen molar-refractivity contribution < 1.29 is 23.9 Å². The molecule has 42 heavy (non-hydrogen) atoms. The number of carbonyl (C=O) groups is 3. The van der Waals surface area contributed by atoms with Crippen LogP contribution in [0.3, 0.4) is 0 Å². The van der Waals surface area contributed by atoms with Gasteiger partial charge in [-0.25, -0.2) is 14.7 Å². The summed E-state index contributed by atoms with van der Waals surface area (Å²) in [4.78, 5) is 40.5. The number of aromatic nitrogens is 4. The van der Waals surface area contributed by atoms with Crippen molar-refractivity contribution in [3.05, 3.63) is 54.1 Å². The average molecular weight is 579 g/mol. The Morgan fingerprint density at radius 3 is 2.19 bits per heavy atom. The highest BCUT2D eigenvalue weighted by molar-refractivity contribution is 5.87. The number of benzene rings is 2. The van der Waals surface area contributed by atoms with Crippen molar-refractivity contribution in [2.45, 2.75) is 78.3 Å². The summed E-state index contributed by atoms with van der Waals surface area (Å²) in [5.74, 6) is -0.537. The van der Waals surface area contributed by atoms with E-state index in [2.05, 4.69) is 25.9 Å². The molecule has 0 aliphatic rings. The Bertz CT molecular complexity index is 1250. The third-order valence-corrected chi connectivity index (χ3v) is 6.76. The molecule has 1 atom stereocenters. The molecule has 0 saturated carbocycles. The number of esters is 2. The van der Waals surface area contributed by atoms with Crippen molar-refractivity contribution in [1.29, 1.82) is 0 Å². The number of unbranched alkanes of at least 4 members (excludes halogenated alkanes) is 3. The first-order valence-corrected chi connectivity index (χ1v) is 14.8. The Kier molecular flexibility index (Phi) is 13.4. The lowest BCUT2D eigenvalue weighted by Crippen LogP contribution is -2.51. The van der Waals surface area contributed by atoms with Crippen LogP contribution in [0.4, 0.5) is 4.79 Å². The fourth-order valence-electron chi connectivity index (χ4n) is 4.30. The highest BCUT2D eigenvalue weighted by atomic mass is 16.5. The van der Waals surface area contributed by atoms with Crippen molar-refractivity contribution in [1.82, 2.24) is 30.8 Å². The first-order chi connectivity index (χ1) is 20.5. The summed E-state index contributed by atoms with van der Waals surface area (Å²) < 4.78 is 10.8. The lowest BCUT2D eigenvalue weighted by atomic mass is 9.98. The standard InChI is InChI=1S/C31H42N6O5/c1-4-7-18-37(27(30(39)42-20-9-6-3)21-28(38)41-19-8-5-2)31(40)32-22-23-14-16-24(17-15-23)25-12-10-11-13-26(25)29-33-35-36-34-29/h10-17,27H,4-9,18-22H2,1-3H3,(H,32,40)(H,33,34,35,36). The summed E-state index contributed by atoms with van der Waals surface area (Å²) in [5.41, 5.74) is 3.69. The molecule has 2 aromatic carbocycles. The second kappa shape index (κ2) is 17.5. The number of carbonyl (C=O) groups excluding carboxylic acids is 3. The molecular formula is C31H42N6O5. The number of tetrazole rings is 1. The number of urea groups is 1. The first kappa shape index (κ1) is 32.2. The molecule has 11 nitrogen and oxygen atoms in total. The largest absolute Gasteiger partial charge is 0.466 e. The quantitative estimate of drug-likeness (QED) is 0.163. The molecule has 0 bridgehead atoms. The molecule has 3 aromatic rings. The van der Waals surface area contributed by atoms with Crippen LogP contribution in [-0.2, 0) is 25.6 Å². The fraction of sp³-hybridized carbons (Fsp3) is 0.484. The fourth-order valence-corrected chi connectivity index (χ4v) is 4.30. The van der Waals surface area contributed by atoms with Gasteiger partial charge in [-0.15, -0.1) is 5.10 Å². The SMILES string of the molecule is CCCCOC(=O)CC(C(=O)OCCCC)N(CCCC)C(=O)NCc1ccc(-c2ccccc2-c2nnn[nH]2)cc1. The second-order valence-electron chi connectivity index (χ2n) is 10.0. The molecular weight excluding hydrogens is 536 g/mol. The van der Waals surface area contributed by atoms with Gasteiger partial charge >= 0.3 is 18.0 Å². The molecule has 3 rings (SSSR count). The van der Waals surface area contributed by atoms with Crippen LogP contribution in [0.15, 0.2) is 48.5 Å². The summed E-state index contributed by atoms with van der Waals surface area (Å²) >= 11 is 0. The minimum Gasteiger partial charge on any atom is -0.466 e. The van der Waals surface area contributed by atoms with Gasteiger partial charge in [-0.3, -0.25) is 4.79 Å². The third-order valence-electron chi connectivity index (χ3n) is 6.76. The number of aromatic amines is 1. The Morgan fingerprint density at radius 1 is 0.881 bits per heavy atom. The van der Waals surface area contributed by atoms with Crippen LogP contribution in [0, 0.1) is 0 Å². The Labute approximate surface area is 247 Å². The lowest BCUT2D eigenvalue weighted by molar-refractivity contribution is -0.155. The normalized spacial score (nSPS) is 11.5. The maximum absolute atomic E-state index is 13.4. The number of nitrogens with one attached hydrogen (secondary N) is 2. The van der Waals surface area contributed by atoms with Gasteiger partial charge in [0.15, 0.2) is 5.82 Å². The van der Waals surface area contributed by atoms with Gasteiger partial charge in [-0.1, -0.05) is 88.6 Å². The van der Waals surface area contributed by atoms with Crippen LogP contribution in [0.1, 0.15) is 71.3 Å². The number of hydrogen-bond donors (Lipinski definition) is 2. The van der Waals surface area contributed by atoms with Gasteiger partial charge in [0.1, 0.15) is 6.04 Å². The van der Waals surface area contributed by atoms with Crippen LogP contribution < -0.4 is 5.32 Å². The summed E-state index contributed by atoms with van der Waals surface area (Å²) in [6, 6.07) is 14.1. The van der Waals surface area contributed by atoms with E-state index in [1.807, 2.05) is 69.3 Å². The maximum atomic E-state index is 13.4. The third kappa shape index (κ3) is 9.67. The van der Waals surface area contributed by atoms with Crippen molar-refractivity contribution in [3.8, 4) is 22.5 Å². The van der Waals surface area contributed by atoms with E-state index in [-0.39, 0.29) is 26.2 Å². The average Bonchev–Trinajstić information content (AvgIpc) is 3.55. The van der Waals surface area contributed by atoms with Crippen molar-refractivity contribution >= 4 is 18.0 Å². The van der Waals surface area contributed by atoms with Gasteiger partial charge in [-0.05, 0) is 46.4 Å².